The van der Waals surface area contributed by atoms with Gasteiger partial charge in [0.05, 0.1) is 11.7 Å². The quantitative estimate of drug-likeness (QED) is 0.762. The highest BCUT2D eigenvalue weighted by molar-refractivity contribution is 6.04. The first-order valence-corrected chi connectivity index (χ1v) is 6.30. The molecule has 106 valence electrons. The number of benzene rings is 1. The van der Waals surface area contributed by atoms with Crippen molar-refractivity contribution in [2.45, 2.75) is 32.4 Å². The van der Waals surface area contributed by atoms with Crippen LogP contribution in [0.15, 0.2) is 30.3 Å². The summed E-state index contributed by atoms with van der Waals surface area (Å²) in [6.07, 6.45) is -0.232. The number of hydrogen-bond acceptors (Lipinski definition) is 4. The van der Waals surface area contributed by atoms with Crippen LogP contribution in [0.3, 0.4) is 0 Å². The molecule has 0 aliphatic rings. The molecule has 0 saturated heterocycles. The molecule has 0 heterocycles. The average molecular weight is 274 g/mol. The van der Waals surface area contributed by atoms with Gasteiger partial charge in [0, 0.05) is 13.0 Å². The smallest absolute Gasteiger partial charge is 0.245 e. The van der Waals surface area contributed by atoms with Gasteiger partial charge in [-0.05, 0) is 19.4 Å². The minimum atomic E-state index is -1.38. The van der Waals surface area contributed by atoms with Crippen molar-refractivity contribution in [3.8, 4) is 6.07 Å². The maximum atomic E-state index is 11.8. The lowest BCUT2D eigenvalue weighted by atomic mass is 9.94. The minimum Gasteiger partial charge on any atom is -0.390 e. The third kappa shape index (κ3) is 5.21. The summed E-state index contributed by atoms with van der Waals surface area (Å²) in [5.41, 5.74) is -0.348. The summed E-state index contributed by atoms with van der Waals surface area (Å²) in [5.74, 6) is -2.60. The van der Waals surface area contributed by atoms with Crippen LogP contribution in [0.25, 0.3) is 0 Å². The van der Waals surface area contributed by atoms with Crippen molar-refractivity contribution >= 4 is 11.7 Å². The van der Waals surface area contributed by atoms with Crippen molar-refractivity contribution in [3.05, 3.63) is 35.9 Å². The average Bonchev–Trinajstić information content (AvgIpc) is 2.36. The summed E-state index contributed by atoms with van der Waals surface area (Å²) >= 11 is 0. The number of carbonyl (C=O) groups is 2. The molecule has 1 aromatic rings. The Labute approximate surface area is 118 Å². The van der Waals surface area contributed by atoms with E-state index in [0.29, 0.717) is 0 Å². The fourth-order valence-corrected chi connectivity index (χ4v) is 1.69. The van der Waals surface area contributed by atoms with E-state index in [2.05, 4.69) is 5.32 Å². The van der Waals surface area contributed by atoms with Gasteiger partial charge in [-0.1, -0.05) is 30.3 Å². The second kappa shape index (κ2) is 6.83. The van der Waals surface area contributed by atoms with Crippen molar-refractivity contribution in [2.24, 2.45) is 5.92 Å². The first-order valence-electron chi connectivity index (χ1n) is 6.30. The maximum absolute atomic E-state index is 11.8. The number of nitrogens with zero attached hydrogens (tertiary/aromatic N) is 1. The fraction of sp³-hybridized carbons (Fsp3) is 0.400. The van der Waals surface area contributed by atoms with Crippen molar-refractivity contribution in [2.75, 3.05) is 0 Å². The Hall–Kier alpha value is -2.19. The number of nitrogens with one attached hydrogen (secondary N) is 1. The molecule has 0 bridgehead atoms. The number of amides is 1. The van der Waals surface area contributed by atoms with Crippen LogP contribution in [0, 0.1) is 17.2 Å². The predicted molar refractivity (Wildman–Crippen MR) is 73.3 cm³/mol. The predicted octanol–water partition coefficient (Wildman–Crippen LogP) is 1.17. The lowest BCUT2D eigenvalue weighted by Crippen LogP contribution is -2.37. The fourth-order valence-electron chi connectivity index (χ4n) is 1.69. The molecule has 0 spiro atoms. The van der Waals surface area contributed by atoms with Crippen LogP contribution in [0.5, 0.6) is 0 Å². The largest absolute Gasteiger partial charge is 0.390 e. The summed E-state index contributed by atoms with van der Waals surface area (Å²) in [6, 6.07) is 10.9. The van der Waals surface area contributed by atoms with Crippen molar-refractivity contribution in [1.82, 2.24) is 5.32 Å². The second-order valence-corrected chi connectivity index (χ2v) is 5.22. The SMILES string of the molecule is CC(C)(O)CC(=O)C(C#N)C(=O)NCc1ccccc1. The molecule has 1 unspecified atom stereocenters. The third-order valence-electron chi connectivity index (χ3n) is 2.63. The van der Waals surface area contributed by atoms with Crippen LogP contribution in [0.4, 0.5) is 0 Å². The van der Waals surface area contributed by atoms with Gasteiger partial charge in [0.1, 0.15) is 0 Å². The summed E-state index contributed by atoms with van der Waals surface area (Å²) < 4.78 is 0. The minimum absolute atomic E-state index is 0.232. The number of aliphatic hydroxyl groups is 1. The van der Waals surface area contributed by atoms with Gasteiger partial charge in [-0.15, -0.1) is 0 Å². The Morgan fingerprint density at radius 3 is 2.45 bits per heavy atom. The van der Waals surface area contributed by atoms with Gasteiger partial charge in [-0.3, -0.25) is 9.59 Å². The first-order chi connectivity index (χ1) is 9.33. The molecule has 0 fully saturated rings. The number of rotatable bonds is 6. The van der Waals surface area contributed by atoms with E-state index in [-0.39, 0.29) is 13.0 Å². The number of Topliss-reactive ketones (excluding diaryl/α,β-unsaturated/α-hetero) is 1. The van der Waals surface area contributed by atoms with E-state index >= 15 is 0 Å². The van der Waals surface area contributed by atoms with Crippen LogP contribution in [-0.4, -0.2) is 22.4 Å². The van der Waals surface area contributed by atoms with Gasteiger partial charge in [-0.25, -0.2) is 0 Å². The molecule has 0 saturated carbocycles. The Morgan fingerprint density at radius 1 is 1.35 bits per heavy atom. The van der Waals surface area contributed by atoms with E-state index in [1.807, 2.05) is 30.3 Å². The highest BCUT2D eigenvalue weighted by atomic mass is 16.3. The van der Waals surface area contributed by atoms with Crippen LogP contribution in [0.2, 0.25) is 0 Å². The van der Waals surface area contributed by atoms with Gasteiger partial charge in [0.15, 0.2) is 11.7 Å². The molecule has 1 atom stereocenters. The van der Waals surface area contributed by atoms with Crippen molar-refractivity contribution in [3.63, 3.8) is 0 Å². The van der Waals surface area contributed by atoms with E-state index in [9.17, 15) is 14.7 Å². The lowest BCUT2D eigenvalue weighted by Gasteiger charge is -2.17. The molecule has 0 aliphatic carbocycles. The van der Waals surface area contributed by atoms with E-state index in [1.165, 1.54) is 13.8 Å². The molecule has 5 heteroatoms. The molecule has 0 aliphatic heterocycles. The third-order valence-corrected chi connectivity index (χ3v) is 2.63. The molecule has 1 rings (SSSR count). The Kier molecular flexibility index (Phi) is 5.42. The summed E-state index contributed by atoms with van der Waals surface area (Å²) in [5, 5.41) is 21.1. The van der Waals surface area contributed by atoms with Crippen molar-refractivity contribution < 1.29 is 14.7 Å². The zero-order valence-corrected chi connectivity index (χ0v) is 11.6. The molecule has 0 aromatic heterocycles. The van der Waals surface area contributed by atoms with Crippen LogP contribution in [-0.2, 0) is 16.1 Å². The normalized spacial score (nSPS) is 12.3. The van der Waals surface area contributed by atoms with Crippen molar-refractivity contribution in [1.29, 1.82) is 5.26 Å². The lowest BCUT2D eigenvalue weighted by molar-refractivity contribution is -0.133. The number of hydrogen-bond donors (Lipinski definition) is 2. The van der Waals surface area contributed by atoms with E-state index in [0.717, 1.165) is 5.56 Å². The first kappa shape index (κ1) is 15.9. The van der Waals surface area contributed by atoms with Crippen LogP contribution >= 0.6 is 0 Å². The van der Waals surface area contributed by atoms with Crippen LogP contribution in [0.1, 0.15) is 25.8 Å². The molecule has 2 N–H and O–H groups in total. The Bertz CT molecular complexity index is 512. The molecule has 1 aromatic carbocycles. The van der Waals surface area contributed by atoms with Gasteiger partial charge in [0.2, 0.25) is 5.91 Å². The second-order valence-electron chi connectivity index (χ2n) is 5.22. The van der Waals surface area contributed by atoms with E-state index in [1.54, 1.807) is 6.07 Å². The standard InChI is InChI=1S/C15H18N2O3/c1-15(2,20)8-13(18)12(9-16)14(19)17-10-11-6-4-3-5-7-11/h3-7,12,20H,8,10H2,1-2H3,(H,17,19). The zero-order chi connectivity index (χ0) is 15.2. The monoisotopic (exact) mass is 274 g/mol. The molecule has 5 nitrogen and oxygen atoms in total. The highest BCUT2D eigenvalue weighted by Crippen LogP contribution is 2.12. The van der Waals surface area contributed by atoms with Gasteiger partial charge in [-0.2, -0.15) is 5.26 Å². The van der Waals surface area contributed by atoms with Gasteiger partial charge < -0.3 is 10.4 Å². The Balaban J connectivity index is 2.60. The number of ketones is 1. The Morgan fingerprint density at radius 2 is 1.95 bits per heavy atom. The molecular weight excluding hydrogens is 256 g/mol. The molecule has 0 radical (unpaired) electrons. The molecular formula is C15H18N2O3. The highest BCUT2D eigenvalue weighted by Gasteiger charge is 2.30. The van der Waals surface area contributed by atoms with Gasteiger partial charge >= 0.3 is 0 Å². The topological polar surface area (TPSA) is 90.2 Å². The number of nitriles is 1. The zero-order valence-electron chi connectivity index (χ0n) is 11.6. The summed E-state index contributed by atoms with van der Waals surface area (Å²) in [6.45, 7) is 3.18. The maximum Gasteiger partial charge on any atom is 0.245 e. The van der Waals surface area contributed by atoms with E-state index < -0.39 is 23.2 Å². The van der Waals surface area contributed by atoms with Gasteiger partial charge in [0.25, 0.3) is 0 Å². The summed E-state index contributed by atoms with van der Waals surface area (Å²) in [7, 11) is 0. The van der Waals surface area contributed by atoms with E-state index in [4.69, 9.17) is 5.26 Å². The summed E-state index contributed by atoms with van der Waals surface area (Å²) in [4.78, 5) is 23.6. The molecule has 20 heavy (non-hydrogen) atoms. The van der Waals surface area contributed by atoms with Crippen LogP contribution < -0.4 is 5.32 Å². The number of carbonyl (C=O) groups excluding carboxylic acids is 2. The molecule has 1 amide bonds.